The lowest BCUT2D eigenvalue weighted by Gasteiger charge is -2.20. The van der Waals surface area contributed by atoms with E-state index in [-0.39, 0.29) is 49.0 Å². The molecule has 2 heterocycles. The van der Waals surface area contributed by atoms with Crippen molar-refractivity contribution < 1.29 is 31.1 Å². The lowest BCUT2D eigenvalue weighted by Crippen LogP contribution is -2.45. The normalized spacial score (nSPS) is 18.3. The molecule has 1 saturated heterocycles. The number of aromatic nitrogens is 1. The average Bonchev–Trinajstić information content (AvgIpc) is 3.01. The first-order chi connectivity index (χ1) is 13.1. The number of aliphatic imine (C=N–C) groups is 1. The molecule has 166 valence electrons. The summed E-state index contributed by atoms with van der Waals surface area (Å²) in [6.07, 6.45) is -6.90. The van der Waals surface area contributed by atoms with Crippen molar-refractivity contribution in [1.29, 1.82) is 0 Å². The van der Waals surface area contributed by atoms with Crippen LogP contribution >= 0.6 is 24.0 Å². The quantitative estimate of drug-likeness (QED) is 0.251. The third-order valence-electron chi connectivity index (χ3n) is 3.91. The molecule has 13 heteroatoms. The number of nitrogens with one attached hydrogen (secondary N) is 2. The number of hydrogen-bond acceptors (Lipinski definition) is 4. The molecule has 2 N–H and O–H groups in total. The van der Waals surface area contributed by atoms with Crippen LogP contribution < -0.4 is 15.4 Å². The smallest absolute Gasteiger partial charge is 0.422 e. The number of alkyl halides is 6. The van der Waals surface area contributed by atoms with Crippen LogP contribution in [0.15, 0.2) is 23.3 Å². The van der Waals surface area contributed by atoms with Crippen LogP contribution in [0.5, 0.6) is 5.88 Å². The average molecular weight is 541 g/mol. The van der Waals surface area contributed by atoms with Crippen LogP contribution in [0.2, 0.25) is 0 Å². The van der Waals surface area contributed by atoms with Gasteiger partial charge in [-0.05, 0) is 12.5 Å². The van der Waals surface area contributed by atoms with Crippen LogP contribution in [0.1, 0.15) is 12.0 Å². The Labute approximate surface area is 181 Å². The van der Waals surface area contributed by atoms with Gasteiger partial charge in [0, 0.05) is 44.5 Å². The van der Waals surface area contributed by atoms with Gasteiger partial charge in [-0.3, -0.25) is 9.89 Å². The molecule has 1 fully saturated rings. The molecule has 0 aromatic carbocycles. The maximum absolute atomic E-state index is 12.5. The summed E-state index contributed by atoms with van der Waals surface area (Å²) in [5.74, 6) is 0.171. The fourth-order valence-electron chi connectivity index (χ4n) is 2.75. The van der Waals surface area contributed by atoms with Gasteiger partial charge in [-0.25, -0.2) is 4.98 Å². The van der Waals surface area contributed by atoms with E-state index in [1.165, 1.54) is 18.1 Å². The van der Waals surface area contributed by atoms with Gasteiger partial charge in [0.2, 0.25) is 5.88 Å². The molecule has 6 nitrogen and oxygen atoms in total. The van der Waals surface area contributed by atoms with E-state index >= 15 is 0 Å². The number of halogens is 7. The van der Waals surface area contributed by atoms with Crippen molar-refractivity contribution in [3.8, 4) is 5.88 Å². The van der Waals surface area contributed by atoms with Gasteiger partial charge in [0.25, 0.3) is 0 Å². The zero-order chi connectivity index (χ0) is 20.8. The monoisotopic (exact) mass is 541 g/mol. The van der Waals surface area contributed by atoms with Crippen molar-refractivity contribution >= 4 is 29.9 Å². The van der Waals surface area contributed by atoms with E-state index in [1.54, 1.807) is 12.1 Å². The summed E-state index contributed by atoms with van der Waals surface area (Å²) in [4.78, 5) is 9.09. The highest BCUT2D eigenvalue weighted by Gasteiger charge is 2.34. The van der Waals surface area contributed by atoms with Crippen molar-refractivity contribution in [3.63, 3.8) is 0 Å². The summed E-state index contributed by atoms with van der Waals surface area (Å²) >= 11 is 0. The molecule has 1 aliphatic heterocycles. The van der Waals surface area contributed by atoms with Crippen LogP contribution in [0, 0.1) is 0 Å². The second kappa shape index (κ2) is 11.0. The first-order valence-corrected chi connectivity index (χ1v) is 8.45. The van der Waals surface area contributed by atoms with Gasteiger partial charge in [-0.1, -0.05) is 6.07 Å². The van der Waals surface area contributed by atoms with Gasteiger partial charge < -0.3 is 15.4 Å². The van der Waals surface area contributed by atoms with Crippen LogP contribution in [0.4, 0.5) is 26.3 Å². The molecule has 29 heavy (non-hydrogen) atoms. The molecule has 0 spiro atoms. The molecule has 1 aromatic heterocycles. The Kier molecular flexibility index (Phi) is 9.71. The van der Waals surface area contributed by atoms with Crippen LogP contribution in [0.3, 0.4) is 0 Å². The Bertz CT molecular complexity index is 670. The van der Waals surface area contributed by atoms with Crippen molar-refractivity contribution in [2.75, 3.05) is 33.3 Å². The number of likely N-dealkylation sites (tertiary alicyclic amines) is 1. The molecule has 1 unspecified atom stereocenters. The van der Waals surface area contributed by atoms with E-state index in [2.05, 4.69) is 20.6 Å². The zero-order valence-electron chi connectivity index (χ0n) is 15.5. The van der Waals surface area contributed by atoms with Crippen LogP contribution in [0.25, 0.3) is 0 Å². The Morgan fingerprint density at radius 2 is 2.00 bits per heavy atom. The Balaban J connectivity index is 0.00000420. The van der Waals surface area contributed by atoms with Gasteiger partial charge in [0.05, 0.1) is 6.54 Å². The van der Waals surface area contributed by atoms with Crippen molar-refractivity contribution in [1.82, 2.24) is 20.5 Å². The summed E-state index contributed by atoms with van der Waals surface area (Å²) in [6, 6.07) is 2.89. The van der Waals surface area contributed by atoms with E-state index in [9.17, 15) is 26.3 Å². The fourth-order valence-corrected chi connectivity index (χ4v) is 2.75. The summed E-state index contributed by atoms with van der Waals surface area (Å²) in [5.41, 5.74) is 0.389. The largest absolute Gasteiger partial charge is 0.468 e. The number of ether oxygens (including phenoxy) is 1. The van der Waals surface area contributed by atoms with Crippen LogP contribution in [-0.4, -0.2) is 67.5 Å². The minimum atomic E-state index is -4.48. The summed E-state index contributed by atoms with van der Waals surface area (Å²) in [7, 11) is 1.49. The fraction of sp³-hybridized carbons (Fsp3) is 0.625. The third-order valence-corrected chi connectivity index (χ3v) is 3.91. The van der Waals surface area contributed by atoms with Crippen LogP contribution in [-0.2, 0) is 6.54 Å². The van der Waals surface area contributed by atoms with Crippen molar-refractivity contribution in [3.05, 3.63) is 23.9 Å². The number of nitrogens with zero attached hydrogens (tertiary/aromatic N) is 3. The molecule has 0 radical (unpaired) electrons. The molecular formula is C16H22F6IN5O. The molecule has 0 bridgehead atoms. The summed E-state index contributed by atoms with van der Waals surface area (Å²) < 4.78 is 79.1. The summed E-state index contributed by atoms with van der Waals surface area (Å²) in [5, 5.41) is 5.93. The molecule has 1 aromatic rings. The highest BCUT2D eigenvalue weighted by molar-refractivity contribution is 14.0. The lowest BCUT2D eigenvalue weighted by atomic mass is 10.2. The van der Waals surface area contributed by atoms with E-state index in [1.807, 2.05) is 0 Å². The highest BCUT2D eigenvalue weighted by atomic mass is 127. The predicted octanol–water partition coefficient (Wildman–Crippen LogP) is 2.94. The second-order valence-corrected chi connectivity index (χ2v) is 6.28. The number of rotatable bonds is 6. The molecule has 0 aliphatic carbocycles. The minimum absolute atomic E-state index is 0. The van der Waals surface area contributed by atoms with Gasteiger partial charge in [-0.2, -0.15) is 26.3 Å². The molecule has 1 aliphatic rings. The van der Waals surface area contributed by atoms with E-state index in [4.69, 9.17) is 4.74 Å². The lowest BCUT2D eigenvalue weighted by molar-refractivity contribution is -0.154. The third kappa shape index (κ3) is 9.69. The molecule has 2 rings (SSSR count). The number of guanidine groups is 1. The van der Waals surface area contributed by atoms with E-state index in [0.29, 0.717) is 24.5 Å². The van der Waals surface area contributed by atoms with E-state index < -0.39 is 25.5 Å². The van der Waals surface area contributed by atoms with Crippen molar-refractivity contribution in [2.45, 2.75) is 31.4 Å². The molecule has 0 amide bonds. The summed E-state index contributed by atoms with van der Waals surface area (Å²) in [6.45, 7) is -1.81. The standard InChI is InChI=1S/C16H21F6N5O.HI/c1-23-14(26-12-4-6-27(8-12)9-15(17,18)19)25-7-11-3-2-5-24-13(11)28-10-16(20,21)22;/h2-3,5,12H,4,6-10H2,1H3,(H2,23,25,26);1H. The van der Waals surface area contributed by atoms with Crippen molar-refractivity contribution in [2.24, 2.45) is 4.99 Å². The molecular weight excluding hydrogens is 519 g/mol. The zero-order valence-corrected chi connectivity index (χ0v) is 17.8. The van der Waals surface area contributed by atoms with Gasteiger partial charge in [-0.15, -0.1) is 24.0 Å². The number of pyridine rings is 1. The number of hydrogen-bond donors (Lipinski definition) is 2. The molecule has 1 atom stereocenters. The second-order valence-electron chi connectivity index (χ2n) is 6.28. The highest BCUT2D eigenvalue weighted by Crippen LogP contribution is 2.21. The first kappa shape index (κ1) is 25.5. The topological polar surface area (TPSA) is 61.8 Å². The Hall–Kier alpha value is -1.51. The maximum atomic E-state index is 12.5. The minimum Gasteiger partial charge on any atom is -0.468 e. The molecule has 0 saturated carbocycles. The Morgan fingerprint density at radius 1 is 1.28 bits per heavy atom. The first-order valence-electron chi connectivity index (χ1n) is 8.45. The van der Waals surface area contributed by atoms with Gasteiger partial charge in [0.15, 0.2) is 12.6 Å². The predicted molar refractivity (Wildman–Crippen MR) is 105 cm³/mol. The van der Waals surface area contributed by atoms with E-state index in [0.717, 1.165) is 0 Å². The maximum Gasteiger partial charge on any atom is 0.422 e. The van der Waals surface area contributed by atoms with Gasteiger partial charge in [0.1, 0.15) is 0 Å². The Morgan fingerprint density at radius 3 is 2.62 bits per heavy atom. The SMILES string of the molecule is CN=C(NCc1cccnc1OCC(F)(F)F)NC1CCN(CC(F)(F)F)C1.I. The van der Waals surface area contributed by atoms with Gasteiger partial charge >= 0.3 is 12.4 Å².